The molecule has 1 unspecified atom stereocenters. The maximum Gasteiger partial charge on any atom is 0.414 e. The van der Waals surface area contributed by atoms with Crippen LogP contribution in [-0.2, 0) is 14.3 Å². The van der Waals surface area contributed by atoms with Crippen LogP contribution in [0.3, 0.4) is 0 Å². The Morgan fingerprint density at radius 3 is 2.88 bits per heavy atom. The number of carbonyl (C=O) groups is 1. The molecule has 0 aromatic heterocycles. The molecule has 26 heavy (non-hydrogen) atoms. The van der Waals surface area contributed by atoms with Crippen molar-refractivity contribution in [2.24, 2.45) is 5.16 Å². The first-order valence-electron chi connectivity index (χ1n) is 7.91. The number of thiocarbonyl (C=S) groups is 1. The van der Waals surface area contributed by atoms with Gasteiger partial charge in [-0.3, -0.25) is 4.90 Å². The van der Waals surface area contributed by atoms with Gasteiger partial charge in [0.25, 0.3) is 0 Å². The summed E-state index contributed by atoms with van der Waals surface area (Å²) in [6.07, 6.45) is 0.751. The van der Waals surface area contributed by atoms with Gasteiger partial charge in [0.15, 0.2) is 0 Å². The number of amides is 1. The number of cyclic esters (lactones) is 1. The third kappa shape index (κ3) is 5.02. The SMILES string of the molecule is CNCC1CN(c2ccc(N3C=NOCC3)c(F)c2)C(=O)O1.COC=S. The maximum absolute atomic E-state index is 14.3. The number of hydrogen-bond donors (Lipinski definition) is 1. The van der Waals surface area contributed by atoms with Gasteiger partial charge in [0, 0.05) is 6.54 Å². The molecule has 1 aromatic rings. The van der Waals surface area contributed by atoms with Crippen LogP contribution in [-0.4, -0.2) is 64.5 Å². The van der Waals surface area contributed by atoms with Crippen molar-refractivity contribution in [1.29, 1.82) is 0 Å². The minimum Gasteiger partial charge on any atom is -0.493 e. The van der Waals surface area contributed by atoms with Gasteiger partial charge >= 0.3 is 6.09 Å². The second-order valence-electron chi connectivity index (χ2n) is 5.39. The van der Waals surface area contributed by atoms with E-state index in [1.807, 2.05) is 0 Å². The minimum absolute atomic E-state index is 0.230. The summed E-state index contributed by atoms with van der Waals surface area (Å²) in [5.41, 5.74) is 2.09. The number of ether oxygens (including phenoxy) is 2. The molecule has 10 heteroatoms. The van der Waals surface area contributed by atoms with E-state index >= 15 is 0 Å². The lowest BCUT2D eigenvalue weighted by Crippen LogP contribution is -2.30. The van der Waals surface area contributed by atoms with E-state index in [-0.39, 0.29) is 6.10 Å². The van der Waals surface area contributed by atoms with E-state index in [4.69, 9.17) is 9.57 Å². The summed E-state index contributed by atoms with van der Waals surface area (Å²) in [6, 6.07) is 4.66. The maximum atomic E-state index is 14.3. The Kier molecular flexibility index (Phi) is 7.54. The number of methoxy groups -OCH3 is 1. The first-order valence-corrected chi connectivity index (χ1v) is 8.38. The average Bonchev–Trinajstić information content (AvgIpc) is 3.03. The van der Waals surface area contributed by atoms with Crippen LogP contribution in [0.2, 0.25) is 0 Å². The second-order valence-corrected chi connectivity index (χ2v) is 5.58. The third-order valence-electron chi connectivity index (χ3n) is 3.64. The molecule has 1 fully saturated rings. The largest absolute Gasteiger partial charge is 0.493 e. The van der Waals surface area contributed by atoms with Crippen LogP contribution in [0.1, 0.15) is 0 Å². The van der Waals surface area contributed by atoms with Gasteiger partial charge in [0.1, 0.15) is 30.4 Å². The predicted molar refractivity (Wildman–Crippen MR) is 100 cm³/mol. The molecule has 1 atom stereocenters. The van der Waals surface area contributed by atoms with Crippen LogP contribution in [0.5, 0.6) is 0 Å². The molecule has 1 amide bonds. The van der Waals surface area contributed by atoms with E-state index in [2.05, 4.69) is 27.4 Å². The zero-order valence-corrected chi connectivity index (χ0v) is 15.4. The molecule has 2 aliphatic rings. The van der Waals surface area contributed by atoms with Gasteiger partial charge in [-0.1, -0.05) is 5.16 Å². The Balaban J connectivity index is 0.000000552. The Labute approximate surface area is 156 Å². The van der Waals surface area contributed by atoms with Gasteiger partial charge in [-0.25, -0.2) is 9.18 Å². The lowest BCUT2D eigenvalue weighted by atomic mass is 10.2. The fourth-order valence-electron chi connectivity index (χ4n) is 2.49. The third-order valence-corrected chi connectivity index (χ3v) is 3.83. The molecule has 0 spiro atoms. The average molecular weight is 384 g/mol. The zero-order valence-electron chi connectivity index (χ0n) is 14.6. The molecule has 0 saturated carbocycles. The molecular formula is C16H21FN4O4S. The van der Waals surface area contributed by atoms with Crippen molar-refractivity contribution >= 4 is 41.6 Å². The Morgan fingerprint density at radius 2 is 2.31 bits per heavy atom. The van der Waals surface area contributed by atoms with Crippen LogP contribution < -0.4 is 15.1 Å². The fourth-order valence-corrected chi connectivity index (χ4v) is 2.49. The Bertz CT molecular complexity index is 661. The second kappa shape index (κ2) is 9.88. The number of benzene rings is 1. The highest BCUT2D eigenvalue weighted by Crippen LogP contribution is 2.27. The summed E-state index contributed by atoms with van der Waals surface area (Å²) in [7, 11) is 3.31. The number of rotatable bonds is 5. The summed E-state index contributed by atoms with van der Waals surface area (Å²) in [5.74, 6) is -0.421. The molecule has 1 saturated heterocycles. The van der Waals surface area contributed by atoms with Crippen molar-refractivity contribution in [2.75, 3.05) is 50.2 Å². The lowest BCUT2D eigenvalue weighted by molar-refractivity contribution is 0.141. The first-order chi connectivity index (χ1) is 12.6. The summed E-state index contributed by atoms with van der Waals surface area (Å²) in [6.45, 7) is 1.89. The van der Waals surface area contributed by atoms with Gasteiger partial charge in [0.05, 0.1) is 31.6 Å². The van der Waals surface area contributed by atoms with Gasteiger partial charge in [0.2, 0.25) is 0 Å². The zero-order chi connectivity index (χ0) is 18.9. The predicted octanol–water partition coefficient (Wildman–Crippen LogP) is 1.74. The van der Waals surface area contributed by atoms with Crippen molar-refractivity contribution in [3.05, 3.63) is 24.0 Å². The van der Waals surface area contributed by atoms with E-state index in [9.17, 15) is 9.18 Å². The summed E-state index contributed by atoms with van der Waals surface area (Å²) >= 11 is 4.21. The van der Waals surface area contributed by atoms with Crippen LogP contribution in [0, 0.1) is 5.82 Å². The number of nitrogens with zero attached hydrogens (tertiary/aromatic N) is 3. The van der Waals surface area contributed by atoms with Crippen molar-refractivity contribution in [2.45, 2.75) is 6.10 Å². The van der Waals surface area contributed by atoms with Crippen molar-refractivity contribution in [3.63, 3.8) is 0 Å². The molecule has 0 bridgehead atoms. The van der Waals surface area contributed by atoms with Crippen molar-refractivity contribution < 1.29 is 23.5 Å². The van der Waals surface area contributed by atoms with Gasteiger partial charge in [-0.2, -0.15) is 0 Å². The van der Waals surface area contributed by atoms with E-state index in [0.717, 1.165) is 0 Å². The molecule has 3 rings (SSSR count). The lowest BCUT2D eigenvalue weighted by Gasteiger charge is -2.23. The smallest absolute Gasteiger partial charge is 0.414 e. The van der Waals surface area contributed by atoms with E-state index in [1.54, 1.807) is 24.1 Å². The minimum atomic E-state index is -0.458. The standard InChI is InChI=1S/C14H17FN4O3.C2H4OS/c1-16-7-11-8-19(14(20)22-11)10-2-3-13(12(15)6-10)18-4-5-21-17-9-18;1-3-2-4/h2-3,6,9,11,16H,4-5,7-8H2,1H3;2H,1H3. The number of oxime groups is 1. The monoisotopic (exact) mass is 384 g/mol. The van der Waals surface area contributed by atoms with E-state index < -0.39 is 11.9 Å². The number of carbonyl (C=O) groups excluding carboxylic acids is 1. The molecule has 1 N–H and O–H groups in total. The highest BCUT2D eigenvalue weighted by molar-refractivity contribution is 7.78. The Morgan fingerprint density at radius 1 is 1.54 bits per heavy atom. The summed E-state index contributed by atoms with van der Waals surface area (Å²) in [5, 5.41) is 6.62. The number of hydrogen-bond acceptors (Lipinski definition) is 8. The number of halogens is 1. The van der Waals surface area contributed by atoms with Crippen LogP contribution in [0.25, 0.3) is 0 Å². The highest BCUT2D eigenvalue weighted by Gasteiger charge is 2.32. The van der Waals surface area contributed by atoms with Crippen LogP contribution in [0.4, 0.5) is 20.6 Å². The summed E-state index contributed by atoms with van der Waals surface area (Å²) < 4.78 is 23.8. The molecule has 2 aliphatic heterocycles. The first kappa shape index (κ1) is 19.9. The molecule has 142 valence electrons. The molecule has 0 aliphatic carbocycles. The molecule has 1 aromatic carbocycles. The van der Waals surface area contributed by atoms with Gasteiger partial charge < -0.3 is 24.5 Å². The normalized spacial score (nSPS) is 18.6. The Hall–Kier alpha value is -2.46. The quantitative estimate of drug-likeness (QED) is 0.775. The molecule has 2 heterocycles. The molecule has 0 radical (unpaired) electrons. The number of nitrogens with one attached hydrogen (secondary N) is 1. The van der Waals surface area contributed by atoms with Crippen molar-refractivity contribution in [3.8, 4) is 0 Å². The topological polar surface area (TPSA) is 75.6 Å². The fraction of sp³-hybridized carbons (Fsp3) is 0.438. The number of anilines is 2. The highest BCUT2D eigenvalue weighted by atomic mass is 32.1. The number of likely N-dealkylation sites (N-methyl/N-ethyl adjacent to an activating group) is 1. The van der Waals surface area contributed by atoms with Crippen molar-refractivity contribution in [1.82, 2.24) is 5.32 Å². The van der Waals surface area contributed by atoms with E-state index in [1.165, 1.54) is 30.0 Å². The van der Waals surface area contributed by atoms with Gasteiger partial charge in [-0.05, 0) is 37.5 Å². The van der Waals surface area contributed by atoms with Crippen LogP contribution >= 0.6 is 12.2 Å². The molecular weight excluding hydrogens is 363 g/mol. The van der Waals surface area contributed by atoms with Crippen LogP contribution in [0.15, 0.2) is 23.4 Å². The molecule has 8 nitrogen and oxygen atoms in total. The summed E-state index contributed by atoms with van der Waals surface area (Å²) in [4.78, 5) is 19.8. The van der Waals surface area contributed by atoms with Gasteiger partial charge in [-0.15, -0.1) is 0 Å². The van der Waals surface area contributed by atoms with E-state index in [0.29, 0.717) is 37.6 Å².